The SMILES string of the molecule is Cc1nn(C)c(CCO)c1C(C)(C)C. The van der Waals surface area contributed by atoms with Gasteiger partial charge in [0.2, 0.25) is 0 Å². The predicted molar refractivity (Wildman–Crippen MR) is 57.4 cm³/mol. The summed E-state index contributed by atoms with van der Waals surface area (Å²) in [6, 6.07) is 0. The zero-order valence-corrected chi connectivity index (χ0v) is 9.76. The van der Waals surface area contributed by atoms with Crippen molar-refractivity contribution in [1.29, 1.82) is 0 Å². The van der Waals surface area contributed by atoms with E-state index in [4.69, 9.17) is 5.11 Å². The van der Waals surface area contributed by atoms with Crippen LogP contribution in [0.15, 0.2) is 0 Å². The fourth-order valence-electron chi connectivity index (χ4n) is 2.07. The van der Waals surface area contributed by atoms with E-state index in [9.17, 15) is 0 Å². The van der Waals surface area contributed by atoms with E-state index in [1.807, 2.05) is 18.7 Å². The van der Waals surface area contributed by atoms with E-state index in [1.165, 1.54) is 5.56 Å². The van der Waals surface area contributed by atoms with Gasteiger partial charge in [-0.1, -0.05) is 20.8 Å². The smallest absolute Gasteiger partial charge is 0.0633 e. The molecule has 0 fully saturated rings. The summed E-state index contributed by atoms with van der Waals surface area (Å²) >= 11 is 0. The summed E-state index contributed by atoms with van der Waals surface area (Å²) < 4.78 is 1.88. The van der Waals surface area contributed by atoms with Crippen LogP contribution in [0.5, 0.6) is 0 Å². The van der Waals surface area contributed by atoms with Crippen molar-refractivity contribution in [3.8, 4) is 0 Å². The number of rotatable bonds is 2. The highest BCUT2D eigenvalue weighted by molar-refractivity contribution is 5.32. The monoisotopic (exact) mass is 196 g/mol. The van der Waals surface area contributed by atoms with Crippen molar-refractivity contribution in [3.63, 3.8) is 0 Å². The minimum Gasteiger partial charge on any atom is -0.396 e. The van der Waals surface area contributed by atoms with Gasteiger partial charge in [-0.15, -0.1) is 0 Å². The minimum atomic E-state index is 0.100. The lowest BCUT2D eigenvalue weighted by molar-refractivity contribution is 0.295. The van der Waals surface area contributed by atoms with E-state index in [0.29, 0.717) is 6.42 Å². The molecule has 0 bridgehead atoms. The summed E-state index contributed by atoms with van der Waals surface area (Å²) in [5.74, 6) is 0. The van der Waals surface area contributed by atoms with Crippen LogP contribution in [0.2, 0.25) is 0 Å². The van der Waals surface area contributed by atoms with E-state index in [2.05, 4.69) is 25.9 Å². The molecule has 0 spiro atoms. The number of hydrogen-bond acceptors (Lipinski definition) is 2. The van der Waals surface area contributed by atoms with Crippen molar-refractivity contribution < 1.29 is 5.11 Å². The Bertz CT molecular complexity index is 321. The van der Waals surface area contributed by atoms with Crippen LogP contribution in [0, 0.1) is 6.92 Å². The van der Waals surface area contributed by atoms with Gasteiger partial charge in [-0.25, -0.2) is 0 Å². The lowest BCUT2D eigenvalue weighted by Gasteiger charge is -2.20. The fourth-order valence-corrected chi connectivity index (χ4v) is 2.07. The molecule has 0 radical (unpaired) electrons. The average molecular weight is 196 g/mol. The lowest BCUT2D eigenvalue weighted by Crippen LogP contribution is -2.16. The molecule has 0 aliphatic rings. The normalized spacial score (nSPS) is 12.1. The Morgan fingerprint density at radius 1 is 1.36 bits per heavy atom. The Labute approximate surface area is 85.8 Å². The summed E-state index contributed by atoms with van der Waals surface area (Å²) in [6.07, 6.45) is 0.684. The van der Waals surface area contributed by atoms with E-state index < -0.39 is 0 Å². The first-order chi connectivity index (χ1) is 6.38. The second-order valence-corrected chi connectivity index (χ2v) is 4.75. The zero-order valence-electron chi connectivity index (χ0n) is 9.76. The largest absolute Gasteiger partial charge is 0.396 e. The molecule has 3 nitrogen and oxygen atoms in total. The molecular weight excluding hydrogens is 176 g/mol. The summed E-state index contributed by atoms with van der Waals surface area (Å²) in [5.41, 5.74) is 3.60. The standard InChI is InChI=1S/C11H20N2O/c1-8-10(11(2,3)4)9(6-7-14)13(5)12-8/h14H,6-7H2,1-5H3. The maximum atomic E-state index is 9.00. The predicted octanol–water partition coefficient (Wildman–Crippen LogP) is 1.56. The maximum absolute atomic E-state index is 9.00. The first-order valence-corrected chi connectivity index (χ1v) is 5.01. The van der Waals surface area contributed by atoms with Crippen LogP contribution in [-0.4, -0.2) is 21.5 Å². The molecule has 0 atom stereocenters. The van der Waals surface area contributed by atoms with Gasteiger partial charge in [0.1, 0.15) is 0 Å². The fraction of sp³-hybridized carbons (Fsp3) is 0.727. The summed E-state index contributed by atoms with van der Waals surface area (Å²) in [4.78, 5) is 0. The summed E-state index contributed by atoms with van der Waals surface area (Å²) in [6.45, 7) is 8.75. The van der Waals surface area contributed by atoms with Gasteiger partial charge in [0.25, 0.3) is 0 Å². The van der Waals surface area contributed by atoms with Gasteiger partial charge in [0, 0.05) is 31.3 Å². The molecule has 0 aliphatic heterocycles. The number of aryl methyl sites for hydroxylation is 2. The molecule has 0 aromatic carbocycles. The third kappa shape index (κ3) is 1.98. The van der Waals surface area contributed by atoms with Crippen molar-refractivity contribution in [2.24, 2.45) is 7.05 Å². The Hall–Kier alpha value is -0.830. The molecule has 0 saturated heterocycles. The number of aromatic nitrogens is 2. The van der Waals surface area contributed by atoms with Gasteiger partial charge >= 0.3 is 0 Å². The van der Waals surface area contributed by atoms with Gasteiger partial charge in [0.15, 0.2) is 0 Å². The maximum Gasteiger partial charge on any atom is 0.0633 e. The molecule has 0 saturated carbocycles. The third-order valence-electron chi connectivity index (χ3n) is 2.44. The molecule has 80 valence electrons. The van der Waals surface area contributed by atoms with Gasteiger partial charge in [-0.3, -0.25) is 4.68 Å². The molecule has 0 unspecified atom stereocenters. The highest BCUT2D eigenvalue weighted by Gasteiger charge is 2.24. The van der Waals surface area contributed by atoms with Crippen LogP contribution in [0.25, 0.3) is 0 Å². The van der Waals surface area contributed by atoms with Gasteiger partial charge in [0.05, 0.1) is 5.69 Å². The van der Waals surface area contributed by atoms with E-state index in [-0.39, 0.29) is 12.0 Å². The topological polar surface area (TPSA) is 38.0 Å². The molecule has 0 amide bonds. The second kappa shape index (κ2) is 3.73. The number of aliphatic hydroxyl groups is 1. The number of hydrogen-bond donors (Lipinski definition) is 1. The zero-order chi connectivity index (χ0) is 10.9. The number of nitrogens with zero attached hydrogens (tertiary/aromatic N) is 2. The summed E-state index contributed by atoms with van der Waals surface area (Å²) in [5, 5.41) is 13.4. The number of aliphatic hydroxyl groups excluding tert-OH is 1. The molecule has 1 heterocycles. The van der Waals surface area contributed by atoms with Crippen molar-refractivity contribution in [3.05, 3.63) is 17.0 Å². The third-order valence-corrected chi connectivity index (χ3v) is 2.44. The Morgan fingerprint density at radius 2 is 1.93 bits per heavy atom. The van der Waals surface area contributed by atoms with Crippen LogP contribution < -0.4 is 0 Å². The lowest BCUT2D eigenvalue weighted by atomic mass is 9.84. The van der Waals surface area contributed by atoms with Gasteiger partial charge in [-0.2, -0.15) is 5.10 Å². The van der Waals surface area contributed by atoms with Gasteiger partial charge in [-0.05, 0) is 12.3 Å². The average Bonchev–Trinajstić information content (AvgIpc) is 2.26. The van der Waals surface area contributed by atoms with E-state index in [1.54, 1.807) is 0 Å². The Balaban J connectivity index is 3.25. The van der Waals surface area contributed by atoms with Gasteiger partial charge < -0.3 is 5.11 Å². The van der Waals surface area contributed by atoms with Crippen molar-refractivity contribution in [2.45, 2.75) is 39.5 Å². The Morgan fingerprint density at radius 3 is 2.36 bits per heavy atom. The Kier molecular flexibility index (Phi) is 3.00. The van der Waals surface area contributed by atoms with Crippen molar-refractivity contribution >= 4 is 0 Å². The van der Waals surface area contributed by atoms with Crippen LogP contribution in [0.1, 0.15) is 37.7 Å². The van der Waals surface area contributed by atoms with Crippen LogP contribution in [0.4, 0.5) is 0 Å². The highest BCUT2D eigenvalue weighted by Crippen LogP contribution is 2.28. The highest BCUT2D eigenvalue weighted by atomic mass is 16.3. The molecule has 1 aromatic heterocycles. The molecule has 0 aliphatic carbocycles. The molecule has 1 rings (SSSR count). The van der Waals surface area contributed by atoms with Crippen LogP contribution in [-0.2, 0) is 18.9 Å². The first kappa shape index (κ1) is 11.2. The summed E-state index contributed by atoms with van der Waals surface area (Å²) in [7, 11) is 1.94. The van der Waals surface area contributed by atoms with Crippen LogP contribution >= 0.6 is 0 Å². The minimum absolute atomic E-state index is 0.100. The van der Waals surface area contributed by atoms with Crippen molar-refractivity contribution in [1.82, 2.24) is 9.78 Å². The molecule has 3 heteroatoms. The van der Waals surface area contributed by atoms with E-state index >= 15 is 0 Å². The molecular formula is C11H20N2O. The van der Waals surface area contributed by atoms with E-state index in [0.717, 1.165) is 11.4 Å². The van der Waals surface area contributed by atoms with Crippen molar-refractivity contribution in [2.75, 3.05) is 6.61 Å². The first-order valence-electron chi connectivity index (χ1n) is 5.01. The second-order valence-electron chi connectivity index (χ2n) is 4.75. The molecule has 1 N–H and O–H groups in total. The molecule has 1 aromatic rings. The van der Waals surface area contributed by atoms with Crippen LogP contribution in [0.3, 0.4) is 0 Å². The quantitative estimate of drug-likeness (QED) is 0.779. The molecule has 14 heavy (non-hydrogen) atoms.